The van der Waals surface area contributed by atoms with Gasteiger partial charge >= 0.3 is 0 Å². The lowest BCUT2D eigenvalue weighted by Gasteiger charge is -2.09. The molecule has 1 atom stereocenters. The Kier molecular flexibility index (Phi) is 3.77. The van der Waals surface area contributed by atoms with Crippen molar-refractivity contribution in [2.45, 2.75) is 33.4 Å². The first-order valence-corrected chi connectivity index (χ1v) is 7.24. The summed E-state index contributed by atoms with van der Waals surface area (Å²) in [5.41, 5.74) is 9.63. The van der Waals surface area contributed by atoms with Gasteiger partial charge in [0.1, 0.15) is 6.04 Å². The summed E-state index contributed by atoms with van der Waals surface area (Å²) in [5.74, 6) is 1.12. The average molecular weight is 297 g/mol. The molecular formula is C16H19N5O. The van der Waals surface area contributed by atoms with E-state index in [0.717, 1.165) is 22.5 Å². The van der Waals surface area contributed by atoms with Crippen molar-refractivity contribution in [1.82, 2.24) is 19.9 Å². The maximum Gasteiger partial charge on any atom is 0.251 e. The standard InChI is InChI=1S/C16H19N5O/c1-10-8-11(2)21(19-10)12(3)16-18-15(20-22-16)14-6-4-13(9-17)5-7-14/h4-8,12H,9,17H2,1-3H3. The van der Waals surface area contributed by atoms with Crippen molar-refractivity contribution in [3.05, 3.63) is 53.2 Å². The molecule has 6 heteroatoms. The van der Waals surface area contributed by atoms with Gasteiger partial charge in [-0.05, 0) is 32.4 Å². The predicted molar refractivity (Wildman–Crippen MR) is 83.1 cm³/mol. The summed E-state index contributed by atoms with van der Waals surface area (Å²) in [4.78, 5) is 4.49. The summed E-state index contributed by atoms with van der Waals surface area (Å²) in [6.07, 6.45) is 0. The molecule has 0 aliphatic carbocycles. The van der Waals surface area contributed by atoms with Crippen LogP contribution in [0.2, 0.25) is 0 Å². The van der Waals surface area contributed by atoms with E-state index in [1.165, 1.54) is 0 Å². The predicted octanol–water partition coefficient (Wildman–Crippen LogP) is 2.62. The minimum atomic E-state index is -0.0988. The van der Waals surface area contributed by atoms with Gasteiger partial charge in [-0.25, -0.2) is 0 Å². The van der Waals surface area contributed by atoms with E-state index >= 15 is 0 Å². The first-order chi connectivity index (χ1) is 10.6. The molecule has 22 heavy (non-hydrogen) atoms. The number of nitrogens with zero attached hydrogens (tertiary/aromatic N) is 4. The van der Waals surface area contributed by atoms with Crippen molar-refractivity contribution in [2.75, 3.05) is 0 Å². The van der Waals surface area contributed by atoms with E-state index in [0.29, 0.717) is 18.3 Å². The second-order valence-corrected chi connectivity index (χ2v) is 5.40. The van der Waals surface area contributed by atoms with E-state index in [4.69, 9.17) is 10.3 Å². The third-order valence-corrected chi connectivity index (χ3v) is 3.66. The third-order valence-electron chi connectivity index (χ3n) is 3.66. The maximum absolute atomic E-state index is 5.60. The van der Waals surface area contributed by atoms with Gasteiger partial charge in [0, 0.05) is 17.8 Å². The number of aryl methyl sites for hydroxylation is 2. The quantitative estimate of drug-likeness (QED) is 0.800. The Bertz CT molecular complexity index is 772. The fourth-order valence-corrected chi connectivity index (χ4v) is 2.45. The summed E-state index contributed by atoms with van der Waals surface area (Å²) < 4.78 is 7.30. The molecule has 0 spiro atoms. The van der Waals surface area contributed by atoms with E-state index in [2.05, 4.69) is 15.2 Å². The molecule has 0 bridgehead atoms. The molecule has 0 saturated carbocycles. The molecule has 1 unspecified atom stereocenters. The fraction of sp³-hybridized carbons (Fsp3) is 0.312. The van der Waals surface area contributed by atoms with E-state index in [-0.39, 0.29) is 6.04 Å². The van der Waals surface area contributed by atoms with Crippen molar-refractivity contribution in [3.8, 4) is 11.4 Å². The molecule has 0 saturated heterocycles. The number of nitrogens with two attached hydrogens (primary N) is 1. The monoisotopic (exact) mass is 297 g/mol. The molecule has 0 amide bonds. The van der Waals surface area contributed by atoms with Crippen LogP contribution in [0.3, 0.4) is 0 Å². The van der Waals surface area contributed by atoms with Gasteiger partial charge < -0.3 is 10.3 Å². The molecule has 0 aliphatic heterocycles. The van der Waals surface area contributed by atoms with Gasteiger partial charge in [-0.2, -0.15) is 10.1 Å². The summed E-state index contributed by atoms with van der Waals surface area (Å²) >= 11 is 0. The molecule has 0 fully saturated rings. The minimum Gasteiger partial charge on any atom is -0.337 e. The number of rotatable bonds is 4. The highest BCUT2D eigenvalue weighted by Crippen LogP contribution is 2.22. The number of hydrogen-bond acceptors (Lipinski definition) is 5. The fourth-order valence-electron chi connectivity index (χ4n) is 2.45. The summed E-state index contributed by atoms with van der Waals surface area (Å²) in [6.45, 7) is 6.49. The molecule has 3 aromatic rings. The molecule has 3 rings (SSSR count). The van der Waals surface area contributed by atoms with Crippen LogP contribution in [0.15, 0.2) is 34.9 Å². The van der Waals surface area contributed by atoms with E-state index in [1.807, 2.05) is 55.8 Å². The van der Waals surface area contributed by atoms with Crippen molar-refractivity contribution in [3.63, 3.8) is 0 Å². The van der Waals surface area contributed by atoms with E-state index in [1.54, 1.807) is 0 Å². The Morgan fingerprint density at radius 1 is 1.23 bits per heavy atom. The van der Waals surface area contributed by atoms with Gasteiger partial charge in [0.05, 0.1) is 5.69 Å². The summed E-state index contributed by atoms with van der Waals surface area (Å²) in [6, 6.07) is 9.76. The number of hydrogen-bond donors (Lipinski definition) is 1. The Hall–Kier alpha value is -2.47. The number of aromatic nitrogens is 4. The lowest BCUT2D eigenvalue weighted by Crippen LogP contribution is -2.10. The van der Waals surface area contributed by atoms with Gasteiger partial charge in [0.2, 0.25) is 5.82 Å². The first-order valence-electron chi connectivity index (χ1n) is 7.24. The zero-order chi connectivity index (χ0) is 15.7. The second-order valence-electron chi connectivity index (χ2n) is 5.40. The van der Waals surface area contributed by atoms with Gasteiger partial charge in [-0.15, -0.1) is 0 Å². The van der Waals surface area contributed by atoms with Crippen LogP contribution >= 0.6 is 0 Å². The molecule has 6 nitrogen and oxygen atoms in total. The first kappa shape index (κ1) is 14.5. The zero-order valence-electron chi connectivity index (χ0n) is 12.9. The van der Waals surface area contributed by atoms with Crippen LogP contribution < -0.4 is 5.73 Å². The second kappa shape index (κ2) is 5.73. The number of benzene rings is 1. The van der Waals surface area contributed by atoms with Gasteiger partial charge in [0.15, 0.2) is 0 Å². The highest BCUT2D eigenvalue weighted by molar-refractivity contribution is 5.54. The molecule has 2 heterocycles. The SMILES string of the molecule is Cc1cc(C)n(C(C)c2nc(-c3ccc(CN)cc3)no2)n1. The summed E-state index contributed by atoms with van der Waals surface area (Å²) in [5, 5.41) is 8.53. The van der Waals surface area contributed by atoms with Crippen molar-refractivity contribution >= 4 is 0 Å². The lowest BCUT2D eigenvalue weighted by atomic mass is 10.1. The Morgan fingerprint density at radius 2 is 1.95 bits per heavy atom. The van der Waals surface area contributed by atoms with Crippen LogP contribution in [0.4, 0.5) is 0 Å². The largest absolute Gasteiger partial charge is 0.337 e. The molecule has 2 aromatic heterocycles. The van der Waals surface area contributed by atoms with E-state index in [9.17, 15) is 0 Å². The van der Waals surface area contributed by atoms with Gasteiger partial charge in [0.25, 0.3) is 5.89 Å². The molecule has 0 radical (unpaired) electrons. The molecule has 1 aromatic carbocycles. The molecular weight excluding hydrogens is 278 g/mol. The van der Waals surface area contributed by atoms with Crippen LogP contribution in [0.1, 0.15) is 35.8 Å². The Balaban J connectivity index is 1.88. The van der Waals surface area contributed by atoms with Crippen molar-refractivity contribution in [2.24, 2.45) is 5.73 Å². The van der Waals surface area contributed by atoms with Crippen LogP contribution in [0, 0.1) is 13.8 Å². The smallest absolute Gasteiger partial charge is 0.251 e. The van der Waals surface area contributed by atoms with Crippen LogP contribution in [-0.2, 0) is 6.54 Å². The third kappa shape index (κ3) is 2.65. The highest BCUT2D eigenvalue weighted by atomic mass is 16.5. The molecule has 114 valence electrons. The van der Waals surface area contributed by atoms with Crippen LogP contribution in [0.25, 0.3) is 11.4 Å². The van der Waals surface area contributed by atoms with Crippen LogP contribution in [0.5, 0.6) is 0 Å². The summed E-state index contributed by atoms with van der Waals surface area (Å²) in [7, 11) is 0. The Labute approximate surface area is 129 Å². The van der Waals surface area contributed by atoms with E-state index < -0.39 is 0 Å². The van der Waals surface area contributed by atoms with Crippen LogP contribution in [-0.4, -0.2) is 19.9 Å². The highest BCUT2D eigenvalue weighted by Gasteiger charge is 2.19. The van der Waals surface area contributed by atoms with Gasteiger partial charge in [-0.1, -0.05) is 29.4 Å². The average Bonchev–Trinajstić information content (AvgIpc) is 3.13. The maximum atomic E-state index is 5.60. The molecule has 2 N–H and O–H groups in total. The Morgan fingerprint density at radius 3 is 2.55 bits per heavy atom. The zero-order valence-corrected chi connectivity index (χ0v) is 12.9. The topological polar surface area (TPSA) is 82.8 Å². The van der Waals surface area contributed by atoms with Gasteiger partial charge in [-0.3, -0.25) is 4.68 Å². The normalized spacial score (nSPS) is 12.5. The van der Waals surface area contributed by atoms with Crippen molar-refractivity contribution in [1.29, 1.82) is 0 Å². The molecule has 0 aliphatic rings. The lowest BCUT2D eigenvalue weighted by molar-refractivity contribution is 0.334. The van der Waals surface area contributed by atoms with Crippen molar-refractivity contribution < 1.29 is 4.52 Å². The minimum absolute atomic E-state index is 0.0988.